The van der Waals surface area contributed by atoms with E-state index in [2.05, 4.69) is 15.6 Å². The Bertz CT molecular complexity index is 749. The molecule has 3 aliphatic rings. The summed E-state index contributed by atoms with van der Waals surface area (Å²) < 4.78 is 0. The first-order valence-corrected chi connectivity index (χ1v) is 9.58. The molecule has 2 saturated carbocycles. The van der Waals surface area contributed by atoms with E-state index in [1.807, 2.05) is 6.07 Å². The number of hydrogen-bond acceptors (Lipinski definition) is 4. The summed E-state index contributed by atoms with van der Waals surface area (Å²) in [6.07, 6.45) is 10.7. The summed E-state index contributed by atoms with van der Waals surface area (Å²) in [4.78, 5) is 28.5. The zero-order valence-corrected chi connectivity index (χ0v) is 14.8. The number of nitrogens with one attached hydrogen (secondary N) is 2. The van der Waals surface area contributed by atoms with E-state index in [4.69, 9.17) is 0 Å². The highest BCUT2D eigenvalue weighted by molar-refractivity contribution is 6.17. The van der Waals surface area contributed by atoms with E-state index in [-0.39, 0.29) is 11.9 Å². The van der Waals surface area contributed by atoms with Crippen molar-refractivity contribution in [1.29, 1.82) is 0 Å². The Kier molecular flexibility index (Phi) is 4.76. The molecule has 3 N–H and O–H groups in total. The highest BCUT2D eigenvalue weighted by Gasteiger charge is 2.37. The number of carbonyl (C=O) groups is 2. The van der Waals surface area contributed by atoms with E-state index in [9.17, 15) is 14.7 Å². The van der Waals surface area contributed by atoms with Crippen molar-refractivity contribution in [2.45, 2.75) is 63.6 Å². The van der Waals surface area contributed by atoms with Gasteiger partial charge in [-0.2, -0.15) is 0 Å². The molecule has 0 radical (unpaired) electrons. The van der Waals surface area contributed by atoms with Crippen LogP contribution in [0.15, 0.2) is 18.3 Å². The number of aliphatic carboxylic acids is 1. The summed E-state index contributed by atoms with van der Waals surface area (Å²) in [7, 11) is 0. The minimum atomic E-state index is -0.921. The molecule has 6 heteroatoms. The summed E-state index contributed by atoms with van der Waals surface area (Å²) in [5, 5.41) is 16.0. The zero-order valence-electron chi connectivity index (χ0n) is 14.8. The Hall–Kier alpha value is -2.21. The van der Waals surface area contributed by atoms with Gasteiger partial charge < -0.3 is 15.7 Å². The molecule has 1 amide bonds. The molecule has 0 spiro atoms. The molecule has 0 aromatic carbocycles. The van der Waals surface area contributed by atoms with E-state index >= 15 is 0 Å². The molecule has 6 nitrogen and oxygen atoms in total. The van der Waals surface area contributed by atoms with Gasteiger partial charge in [0.2, 0.25) is 5.91 Å². The molecule has 1 heterocycles. The van der Waals surface area contributed by atoms with Crippen molar-refractivity contribution < 1.29 is 14.7 Å². The fraction of sp³-hybridized carbons (Fsp3) is 0.550. The van der Waals surface area contributed by atoms with Gasteiger partial charge in [-0.05, 0) is 43.2 Å². The van der Waals surface area contributed by atoms with Crippen LogP contribution in [0.25, 0.3) is 5.57 Å². The molecule has 1 atom stereocenters. The fourth-order valence-electron chi connectivity index (χ4n) is 4.16. The molecule has 0 aliphatic heterocycles. The number of amides is 1. The van der Waals surface area contributed by atoms with Crippen LogP contribution in [-0.4, -0.2) is 34.1 Å². The Balaban J connectivity index is 1.46. The van der Waals surface area contributed by atoms with Crippen LogP contribution in [0.3, 0.4) is 0 Å². The average molecular weight is 355 g/mol. The third-order valence-electron chi connectivity index (χ3n) is 5.70. The molecule has 1 aromatic heterocycles. The number of carboxylic acids is 1. The average Bonchev–Trinajstić information content (AvgIpc) is 3.14. The first kappa shape index (κ1) is 17.2. The van der Waals surface area contributed by atoms with Crippen LogP contribution in [0.5, 0.6) is 0 Å². The third kappa shape index (κ3) is 3.51. The number of hydrogen-bond donors (Lipinski definition) is 3. The van der Waals surface area contributed by atoms with Crippen molar-refractivity contribution in [2.24, 2.45) is 5.92 Å². The molecule has 3 aliphatic carbocycles. The fourth-order valence-corrected chi connectivity index (χ4v) is 4.16. The number of carboxylic acid groups (broad SMARTS) is 1. The maximum atomic E-state index is 12.7. The lowest BCUT2D eigenvalue weighted by Gasteiger charge is -2.21. The number of allylic oxidation sites excluding steroid dienone is 1. The van der Waals surface area contributed by atoms with Crippen LogP contribution in [0.4, 0.5) is 0 Å². The van der Waals surface area contributed by atoms with Gasteiger partial charge in [0.05, 0.1) is 17.3 Å². The van der Waals surface area contributed by atoms with E-state index in [0.717, 1.165) is 42.5 Å². The van der Waals surface area contributed by atoms with Crippen molar-refractivity contribution in [3.63, 3.8) is 0 Å². The van der Waals surface area contributed by atoms with Crippen molar-refractivity contribution in [1.82, 2.24) is 15.6 Å². The monoisotopic (exact) mass is 355 g/mol. The SMILES string of the molecule is O=C(O)C1=CCc2nccc(CN[C@@H](C(=O)NC3CCCC3)C3CC3)c21. The van der Waals surface area contributed by atoms with Gasteiger partial charge in [0.15, 0.2) is 0 Å². The summed E-state index contributed by atoms with van der Waals surface area (Å²) in [6, 6.07) is 1.97. The van der Waals surface area contributed by atoms with E-state index in [0.29, 0.717) is 30.5 Å². The Morgan fingerprint density at radius 1 is 1.23 bits per heavy atom. The number of aromatic nitrogens is 1. The zero-order chi connectivity index (χ0) is 18.1. The van der Waals surface area contributed by atoms with Crippen molar-refractivity contribution >= 4 is 17.4 Å². The highest BCUT2D eigenvalue weighted by atomic mass is 16.4. The highest BCUT2D eigenvalue weighted by Crippen LogP contribution is 2.34. The summed E-state index contributed by atoms with van der Waals surface area (Å²) in [5.74, 6) is -0.435. The van der Waals surface area contributed by atoms with Crippen molar-refractivity contribution in [2.75, 3.05) is 0 Å². The van der Waals surface area contributed by atoms with Crippen LogP contribution >= 0.6 is 0 Å². The maximum absolute atomic E-state index is 12.7. The second-order valence-electron chi connectivity index (χ2n) is 7.60. The summed E-state index contributed by atoms with van der Waals surface area (Å²) in [5.41, 5.74) is 2.75. The van der Waals surface area contributed by atoms with Crippen LogP contribution < -0.4 is 10.6 Å². The molecule has 138 valence electrons. The first-order valence-electron chi connectivity index (χ1n) is 9.58. The third-order valence-corrected chi connectivity index (χ3v) is 5.70. The molecular formula is C20H25N3O3. The predicted octanol–water partition coefficient (Wildman–Crippen LogP) is 2.03. The predicted molar refractivity (Wildman–Crippen MR) is 97.3 cm³/mol. The molecule has 0 unspecified atom stereocenters. The quantitative estimate of drug-likeness (QED) is 0.696. The standard InChI is InChI=1S/C20H25N3O3/c24-19(23-14-3-1-2-4-14)18(12-5-6-12)22-11-13-9-10-21-16-8-7-15(17(13)16)20(25)26/h7,9-10,12,14,18,22H,1-6,8,11H2,(H,23,24)(H,25,26)/t18-/m1/s1. The molecule has 2 fully saturated rings. The molecule has 0 saturated heterocycles. The lowest BCUT2D eigenvalue weighted by molar-refractivity contribution is -0.130. The summed E-state index contributed by atoms with van der Waals surface area (Å²) in [6.45, 7) is 0.481. The topological polar surface area (TPSA) is 91.3 Å². The van der Waals surface area contributed by atoms with Crippen molar-refractivity contribution in [3.8, 4) is 0 Å². The molecule has 26 heavy (non-hydrogen) atoms. The number of rotatable bonds is 7. The number of pyridine rings is 1. The van der Waals surface area contributed by atoms with Gasteiger partial charge >= 0.3 is 5.97 Å². The maximum Gasteiger partial charge on any atom is 0.336 e. The minimum Gasteiger partial charge on any atom is -0.478 e. The van der Waals surface area contributed by atoms with Crippen LogP contribution in [0, 0.1) is 5.92 Å². The Labute approximate surface area is 153 Å². The number of carbonyl (C=O) groups excluding carboxylic acids is 1. The molecule has 0 bridgehead atoms. The molecular weight excluding hydrogens is 330 g/mol. The van der Waals surface area contributed by atoms with Gasteiger partial charge in [0.25, 0.3) is 0 Å². The van der Waals surface area contributed by atoms with E-state index in [1.165, 1.54) is 12.8 Å². The van der Waals surface area contributed by atoms with Crippen LogP contribution in [0.2, 0.25) is 0 Å². The largest absolute Gasteiger partial charge is 0.478 e. The van der Waals surface area contributed by atoms with Gasteiger partial charge in [-0.1, -0.05) is 18.9 Å². The van der Waals surface area contributed by atoms with E-state index < -0.39 is 5.97 Å². The van der Waals surface area contributed by atoms with Gasteiger partial charge in [0.1, 0.15) is 0 Å². The smallest absolute Gasteiger partial charge is 0.336 e. The van der Waals surface area contributed by atoms with Crippen LogP contribution in [-0.2, 0) is 22.6 Å². The van der Waals surface area contributed by atoms with Gasteiger partial charge in [-0.25, -0.2) is 4.79 Å². The number of nitrogens with zero attached hydrogens (tertiary/aromatic N) is 1. The Morgan fingerprint density at radius 2 is 2.00 bits per heavy atom. The van der Waals surface area contributed by atoms with Crippen LogP contribution in [0.1, 0.15) is 55.3 Å². The summed E-state index contributed by atoms with van der Waals surface area (Å²) >= 11 is 0. The van der Waals surface area contributed by atoms with Crippen molar-refractivity contribution in [3.05, 3.63) is 35.2 Å². The minimum absolute atomic E-state index is 0.0964. The molecule has 1 aromatic rings. The number of fused-ring (bicyclic) bond motifs is 1. The first-order chi connectivity index (χ1) is 12.6. The normalized spacial score (nSPS) is 20.5. The molecule has 4 rings (SSSR count). The van der Waals surface area contributed by atoms with Gasteiger partial charge in [-0.15, -0.1) is 0 Å². The second kappa shape index (κ2) is 7.19. The lowest BCUT2D eigenvalue weighted by Crippen LogP contribution is -2.48. The second-order valence-corrected chi connectivity index (χ2v) is 7.60. The Morgan fingerprint density at radius 3 is 2.69 bits per heavy atom. The van der Waals surface area contributed by atoms with E-state index in [1.54, 1.807) is 12.3 Å². The van der Waals surface area contributed by atoms with Gasteiger partial charge in [-0.3, -0.25) is 9.78 Å². The lowest BCUT2D eigenvalue weighted by atomic mass is 10.0. The van der Waals surface area contributed by atoms with Gasteiger partial charge in [0, 0.05) is 30.8 Å².